The summed E-state index contributed by atoms with van der Waals surface area (Å²) in [6.45, 7) is 0.101. The van der Waals surface area contributed by atoms with Gasteiger partial charge in [0, 0.05) is 5.56 Å². The van der Waals surface area contributed by atoms with E-state index in [2.05, 4.69) is 16.2 Å². The first-order chi connectivity index (χ1) is 13.6. The minimum atomic E-state index is -0.831. The van der Waals surface area contributed by atoms with Gasteiger partial charge in [-0.2, -0.15) is 11.8 Å². The number of hydrogen-bond donors (Lipinski definition) is 3. The van der Waals surface area contributed by atoms with Gasteiger partial charge in [0.2, 0.25) is 6.79 Å². The summed E-state index contributed by atoms with van der Waals surface area (Å²) in [5, 5.41) is 2.61. The Bertz CT molecular complexity index is 855. The van der Waals surface area contributed by atoms with Gasteiger partial charge in [-0.25, -0.2) is 0 Å². The molecule has 0 bridgehead atoms. The van der Waals surface area contributed by atoms with Gasteiger partial charge in [0.15, 0.2) is 17.3 Å². The van der Waals surface area contributed by atoms with Crippen LogP contribution in [0.25, 0.3) is 0 Å². The fourth-order valence-electron chi connectivity index (χ4n) is 2.46. The van der Waals surface area contributed by atoms with E-state index < -0.39 is 23.8 Å². The number of nitrogens with one attached hydrogen (secondary N) is 3. The van der Waals surface area contributed by atoms with Crippen LogP contribution in [0.4, 0.5) is 0 Å². The molecule has 0 radical (unpaired) electrons. The van der Waals surface area contributed by atoms with Gasteiger partial charge in [-0.3, -0.25) is 25.2 Å². The van der Waals surface area contributed by atoms with E-state index in [1.54, 1.807) is 18.2 Å². The molecule has 1 aromatic carbocycles. The van der Waals surface area contributed by atoms with Gasteiger partial charge in [-0.1, -0.05) is 0 Å². The van der Waals surface area contributed by atoms with Crippen molar-refractivity contribution in [2.75, 3.05) is 18.8 Å². The quantitative estimate of drug-likeness (QED) is 0.595. The van der Waals surface area contributed by atoms with Gasteiger partial charge >= 0.3 is 0 Å². The van der Waals surface area contributed by atoms with Crippen LogP contribution in [0.15, 0.2) is 41.0 Å². The predicted octanol–water partition coefficient (Wildman–Crippen LogP) is 1.32. The van der Waals surface area contributed by atoms with Crippen LogP contribution in [0.2, 0.25) is 0 Å². The van der Waals surface area contributed by atoms with Crippen molar-refractivity contribution in [3.63, 3.8) is 0 Å². The van der Waals surface area contributed by atoms with E-state index in [-0.39, 0.29) is 12.6 Å². The maximum atomic E-state index is 12.5. The Morgan fingerprint density at radius 1 is 1.11 bits per heavy atom. The molecule has 1 atom stereocenters. The summed E-state index contributed by atoms with van der Waals surface area (Å²) in [6, 6.07) is 6.94. The first-order valence-electron chi connectivity index (χ1n) is 8.41. The molecule has 3 amide bonds. The molecule has 10 heteroatoms. The number of benzene rings is 1. The molecule has 0 spiro atoms. The third-order valence-electron chi connectivity index (χ3n) is 3.91. The lowest BCUT2D eigenvalue weighted by Gasteiger charge is -2.18. The van der Waals surface area contributed by atoms with Gasteiger partial charge in [0.25, 0.3) is 17.7 Å². The minimum absolute atomic E-state index is 0.101. The molecule has 3 N–H and O–H groups in total. The Kier molecular flexibility index (Phi) is 6.43. The Hall–Kier alpha value is -3.14. The van der Waals surface area contributed by atoms with Crippen molar-refractivity contribution in [3.8, 4) is 11.5 Å². The van der Waals surface area contributed by atoms with E-state index in [9.17, 15) is 14.4 Å². The third-order valence-corrected chi connectivity index (χ3v) is 4.56. The lowest BCUT2D eigenvalue weighted by Crippen LogP contribution is -2.52. The molecule has 0 aliphatic carbocycles. The van der Waals surface area contributed by atoms with E-state index in [1.807, 2.05) is 6.26 Å². The number of ether oxygens (including phenoxy) is 2. The third kappa shape index (κ3) is 4.77. The van der Waals surface area contributed by atoms with Crippen molar-refractivity contribution in [3.05, 3.63) is 47.9 Å². The van der Waals surface area contributed by atoms with Crippen molar-refractivity contribution in [1.29, 1.82) is 0 Å². The average Bonchev–Trinajstić information content (AvgIpc) is 3.39. The standard InChI is InChI=1S/C18H19N3O6S/c1-28-8-6-12(19-18(24)14-3-2-7-25-14)17(23)21-20-16(22)11-4-5-13-15(9-11)27-10-26-13/h2-5,7,9,12H,6,8,10H2,1H3,(H,19,24)(H,20,22)(H,21,23). The highest BCUT2D eigenvalue weighted by molar-refractivity contribution is 7.98. The highest BCUT2D eigenvalue weighted by Crippen LogP contribution is 2.32. The van der Waals surface area contributed by atoms with Crippen molar-refractivity contribution in [2.24, 2.45) is 0 Å². The van der Waals surface area contributed by atoms with Gasteiger partial charge in [0.05, 0.1) is 6.26 Å². The van der Waals surface area contributed by atoms with Crippen LogP contribution >= 0.6 is 11.8 Å². The second-order valence-electron chi connectivity index (χ2n) is 5.80. The van der Waals surface area contributed by atoms with Crippen molar-refractivity contribution < 1.29 is 28.3 Å². The smallest absolute Gasteiger partial charge is 0.287 e. The molecule has 1 aromatic heterocycles. The van der Waals surface area contributed by atoms with Gasteiger partial charge < -0.3 is 19.2 Å². The molecule has 28 heavy (non-hydrogen) atoms. The maximum Gasteiger partial charge on any atom is 0.287 e. The zero-order chi connectivity index (χ0) is 19.9. The summed E-state index contributed by atoms with van der Waals surface area (Å²) in [7, 11) is 0. The number of amides is 3. The van der Waals surface area contributed by atoms with Crippen molar-refractivity contribution >= 4 is 29.5 Å². The first kappa shape index (κ1) is 19.6. The number of thioether (sulfide) groups is 1. The number of hydrazine groups is 1. The van der Waals surface area contributed by atoms with Crippen LogP contribution in [0, 0.1) is 0 Å². The Morgan fingerprint density at radius 3 is 2.68 bits per heavy atom. The fraction of sp³-hybridized carbons (Fsp3) is 0.278. The molecular formula is C18H19N3O6S. The summed E-state index contributed by atoms with van der Waals surface area (Å²) in [5.41, 5.74) is 4.98. The van der Waals surface area contributed by atoms with E-state index in [4.69, 9.17) is 13.9 Å². The van der Waals surface area contributed by atoms with Gasteiger partial charge in [-0.15, -0.1) is 0 Å². The molecule has 3 rings (SSSR count). The summed E-state index contributed by atoms with van der Waals surface area (Å²) < 4.78 is 15.5. The number of fused-ring (bicyclic) bond motifs is 1. The number of furan rings is 1. The van der Waals surface area contributed by atoms with E-state index in [1.165, 1.54) is 30.2 Å². The van der Waals surface area contributed by atoms with Crippen molar-refractivity contribution in [2.45, 2.75) is 12.5 Å². The molecule has 2 aromatic rings. The molecule has 2 heterocycles. The number of carbonyl (C=O) groups excluding carboxylic acids is 3. The second-order valence-corrected chi connectivity index (χ2v) is 6.78. The molecule has 1 aliphatic heterocycles. The number of carbonyl (C=O) groups is 3. The average molecular weight is 405 g/mol. The van der Waals surface area contributed by atoms with Gasteiger partial charge in [-0.05, 0) is 48.8 Å². The molecule has 0 saturated heterocycles. The first-order valence-corrected chi connectivity index (χ1v) is 9.81. The predicted molar refractivity (Wildman–Crippen MR) is 101 cm³/mol. The van der Waals surface area contributed by atoms with Crippen LogP contribution in [-0.2, 0) is 4.79 Å². The number of hydrogen-bond acceptors (Lipinski definition) is 7. The van der Waals surface area contributed by atoms with Crippen molar-refractivity contribution in [1.82, 2.24) is 16.2 Å². The van der Waals surface area contributed by atoms with E-state index >= 15 is 0 Å². The second kappa shape index (κ2) is 9.18. The normalized spacial score (nSPS) is 12.9. The maximum absolute atomic E-state index is 12.5. The van der Waals surface area contributed by atoms with Crippen LogP contribution in [0.5, 0.6) is 11.5 Å². The van der Waals surface area contributed by atoms with E-state index in [0.717, 1.165) is 0 Å². The summed E-state index contributed by atoms with van der Waals surface area (Å²) in [5.74, 6) is 0.198. The lowest BCUT2D eigenvalue weighted by atomic mass is 10.2. The topological polar surface area (TPSA) is 119 Å². The zero-order valence-electron chi connectivity index (χ0n) is 15.0. The minimum Gasteiger partial charge on any atom is -0.459 e. The van der Waals surface area contributed by atoms with Crippen LogP contribution in [-0.4, -0.2) is 42.6 Å². The number of rotatable bonds is 7. The Labute approximate surface area is 165 Å². The van der Waals surface area contributed by atoms with Gasteiger partial charge in [0.1, 0.15) is 6.04 Å². The highest BCUT2D eigenvalue weighted by atomic mass is 32.2. The van der Waals surface area contributed by atoms with Crippen LogP contribution in [0.1, 0.15) is 27.3 Å². The molecular weight excluding hydrogens is 386 g/mol. The molecule has 1 aliphatic rings. The van der Waals surface area contributed by atoms with Crippen LogP contribution < -0.4 is 25.6 Å². The highest BCUT2D eigenvalue weighted by Gasteiger charge is 2.23. The SMILES string of the molecule is CSCCC(NC(=O)c1ccco1)C(=O)NNC(=O)c1ccc2c(c1)OCO2. The fourth-order valence-corrected chi connectivity index (χ4v) is 2.93. The molecule has 9 nitrogen and oxygen atoms in total. The molecule has 0 saturated carbocycles. The largest absolute Gasteiger partial charge is 0.459 e. The van der Waals surface area contributed by atoms with Crippen LogP contribution in [0.3, 0.4) is 0 Å². The zero-order valence-corrected chi connectivity index (χ0v) is 15.8. The summed E-state index contributed by atoms with van der Waals surface area (Å²) >= 11 is 1.54. The monoisotopic (exact) mass is 405 g/mol. The summed E-state index contributed by atoms with van der Waals surface area (Å²) in [4.78, 5) is 36.9. The molecule has 148 valence electrons. The summed E-state index contributed by atoms with van der Waals surface area (Å²) in [6.07, 6.45) is 3.65. The Morgan fingerprint density at radius 2 is 1.93 bits per heavy atom. The van der Waals surface area contributed by atoms with E-state index in [0.29, 0.717) is 29.2 Å². The Balaban J connectivity index is 1.58. The molecule has 0 fully saturated rings. The molecule has 1 unspecified atom stereocenters. The lowest BCUT2D eigenvalue weighted by molar-refractivity contribution is -0.123.